The van der Waals surface area contributed by atoms with E-state index in [0.29, 0.717) is 35.1 Å². The third kappa shape index (κ3) is 5.19. The van der Waals surface area contributed by atoms with E-state index in [0.717, 1.165) is 0 Å². The van der Waals surface area contributed by atoms with Gasteiger partial charge in [-0.2, -0.15) is 0 Å². The molecule has 3 rings (SSSR count). The average Bonchev–Trinajstić information content (AvgIpc) is 3.15. The van der Waals surface area contributed by atoms with E-state index in [9.17, 15) is 13.6 Å². The molecule has 0 spiro atoms. The summed E-state index contributed by atoms with van der Waals surface area (Å²) in [5.41, 5.74) is 0.708. The van der Waals surface area contributed by atoms with E-state index >= 15 is 0 Å². The van der Waals surface area contributed by atoms with Crippen LogP contribution in [0.15, 0.2) is 54.9 Å². The summed E-state index contributed by atoms with van der Waals surface area (Å²) in [6, 6.07) is 9.86. The van der Waals surface area contributed by atoms with Crippen molar-refractivity contribution in [2.45, 2.75) is 13.1 Å². The fourth-order valence-corrected chi connectivity index (χ4v) is 3.11. The number of hydrogen-bond acceptors (Lipinski definition) is 3. The van der Waals surface area contributed by atoms with E-state index in [1.807, 2.05) is 0 Å². The number of imidazole rings is 1. The maximum Gasteiger partial charge on any atom is 0.254 e. The largest absolute Gasteiger partial charge is 0.383 e. The summed E-state index contributed by atoms with van der Waals surface area (Å²) in [6.07, 6.45) is 3.29. The van der Waals surface area contributed by atoms with Gasteiger partial charge in [-0.1, -0.05) is 17.7 Å². The van der Waals surface area contributed by atoms with E-state index in [-0.39, 0.29) is 19.0 Å². The molecule has 0 saturated heterocycles. The fourth-order valence-electron chi connectivity index (χ4n) is 2.89. The van der Waals surface area contributed by atoms with Gasteiger partial charge in [0.25, 0.3) is 5.91 Å². The number of benzene rings is 2. The lowest BCUT2D eigenvalue weighted by molar-refractivity contribution is 0.0673. The number of amides is 1. The van der Waals surface area contributed by atoms with E-state index in [1.54, 1.807) is 41.1 Å². The molecule has 3 aromatic rings. The molecule has 1 amide bonds. The first-order chi connectivity index (χ1) is 14.0. The normalized spacial score (nSPS) is 10.9. The van der Waals surface area contributed by atoms with Gasteiger partial charge in [0.1, 0.15) is 17.5 Å². The summed E-state index contributed by atoms with van der Waals surface area (Å²) < 4.78 is 34.2. The highest BCUT2D eigenvalue weighted by Crippen LogP contribution is 2.21. The molecule has 0 unspecified atom stereocenters. The summed E-state index contributed by atoms with van der Waals surface area (Å²) >= 11 is 6.13. The Kier molecular flexibility index (Phi) is 6.95. The zero-order valence-electron chi connectivity index (χ0n) is 15.8. The van der Waals surface area contributed by atoms with Crippen LogP contribution in [-0.4, -0.2) is 40.6 Å². The lowest BCUT2D eigenvalue weighted by Crippen LogP contribution is -2.34. The van der Waals surface area contributed by atoms with Crippen LogP contribution in [0.2, 0.25) is 5.02 Å². The summed E-state index contributed by atoms with van der Waals surface area (Å²) in [4.78, 5) is 18.8. The van der Waals surface area contributed by atoms with Gasteiger partial charge in [0, 0.05) is 42.2 Å². The predicted molar refractivity (Wildman–Crippen MR) is 106 cm³/mol. The van der Waals surface area contributed by atoms with E-state index in [1.165, 1.54) is 30.3 Å². The zero-order chi connectivity index (χ0) is 20.8. The lowest BCUT2D eigenvalue weighted by Gasteiger charge is -2.23. The highest BCUT2D eigenvalue weighted by Gasteiger charge is 2.19. The van der Waals surface area contributed by atoms with Crippen molar-refractivity contribution >= 4 is 17.5 Å². The minimum atomic E-state index is -0.415. The molecule has 0 fully saturated rings. The number of halogens is 3. The second kappa shape index (κ2) is 9.62. The molecule has 0 aliphatic rings. The Bertz CT molecular complexity index is 956. The van der Waals surface area contributed by atoms with Crippen LogP contribution >= 0.6 is 11.6 Å². The van der Waals surface area contributed by atoms with E-state index < -0.39 is 11.6 Å². The summed E-state index contributed by atoms with van der Waals surface area (Å²) in [6.45, 7) is 1.01. The molecular formula is C21H20ClF2N3O2. The third-order valence-electron chi connectivity index (χ3n) is 4.47. The van der Waals surface area contributed by atoms with Crippen molar-refractivity contribution in [1.29, 1.82) is 0 Å². The first kappa shape index (κ1) is 21.0. The first-order valence-electron chi connectivity index (χ1n) is 8.96. The molecule has 1 heterocycles. The van der Waals surface area contributed by atoms with Crippen LogP contribution in [0.3, 0.4) is 0 Å². The van der Waals surface area contributed by atoms with Crippen LogP contribution in [0.5, 0.6) is 0 Å². The van der Waals surface area contributed by atoms with Gasteiger partial charge in [-0.25, -0.2) is 13.8 Å². The Morgan fingerprint density at radius 3 is 2.66 bits per heavy atom. The molecule has 0 atom stereocenters. The van der Waals surface area contributed by atoms with Crippen molar-refractivity contribution < 1.29 is 18.3 Å². The molecule has 0 radical (unpaired) electrons. The monoisotopic (exact) mass is 419 g/mol. The number of hydrogen-bond donors (Lipinski definition) is 0. The van der Waals surface area contributed by atoms with E-state index in [2.05, 4.69) is 4.98 Å². The Hall–Kier alpha value is -2.77. The van der Waals surface area contributed by atoms with Crippen LogP contribution in [-0.2, 0) is 17.8 Å². The van der Waals surface area contributed by atoms with Gasteiger partial charge in [0.15, 0.2) is 0 Å². The highest BCUT2D eigenvalue weighted by molar-refractivity contribution is 6.31. The van der Waals surface area contributed by atoms with Gasteiger partial charge in [-0.15, -0.1) is 0 Å². The Balaban J connectivity index is 1.82. The number of methoxy groups -OCH3 is 1. The number of aromatic nitrogens is 2. The summed E-state index contributed by atoms with van der Waals surface area (Å²) in [5, 5.41) is 0.322. The molecule has 0 aliphatic heterocycles. The lowest BCUT2D eigenvalue weighted by atomic mass is 10.2. The van der Waals surface area contributed by atoms with Gasteiger partial charge in [0.2, 0.25) is 0 Å². The molecule has 1 aromatic heterocycles. The van der Waals surface area contributed by atoms with Crippen molar-refractivity contribution in [3.05, 3.63) is 88.5 Å². The van der Waals surface area contributed by atoms with Crippen molar-refractivity contribution in [1.82, 2.24) is 14.5 Å². The molecule has 5 nitrogen and oxygen atoms in total. The average molecular weight is 420 g/mol. The van der Waals surface area contributed by atoms with Gasteiger partial charge in [-0.05, 0) is 36.4 Å². The Morgan fingerprint density at radius 1 is 1.21 bits per heavy atom. The number of nitrogens with zero attached hydrogens (tertiary/aromatic N) is 3. The van der Waals surface area contributed by atoms with Crippen LogP contribution in [0.25, 0.3) is 0 Å². The fraction of sp³-hybridized carbons (Fsp3) is 0.238. The molecule has 0 saturated carbocycles. The smallest absolute Gasteiger partial charge is 0.254 e. The topological polar surface area (TPSA) is 47.4 Å². The molecule has 152 valence electrons. The zero-order valence-corrected chi connectivity index (χ0v) is 16.6. The molecule has 0 bridgehead atoms. The van der Waals surface area contributed by atoms with Crippen molar-refractivity contribution in [2.75, 3.05) is 20.3 Å². The SMILES string of the molecule is COCCN(Cc1nccn1Cc1c(F)cccc1Cl)C(=O)c1ccc(F)cc1. The second-order valence-corrected chi connectivity index (χ2v) is 6.81. The summed E-state index contributed by atoms with van der Waals surface area (Å²) in [5.74, 6) is -0.533. The molecule has 0 aliphatic carbocycles. The standard InChI is InChI=1S/C21H20ClF2N3O2/c1-29-12-11-27(21(28)15-5-7-16(23)8-6-15)14-20-25-9-10-26(20)13-17-18(22)3-2-4-19(17)24/h2-10H,11-14H2,1H3. The minimum absolute atomic E-state index is 0.179. The third-order valence-corrected chi connectivity index (χ3v) is 4.82. The second-order valence-electron chi connectivity index (χ2n) is 6.40. The summed E-state index contributed by atoms with van der Waals surface area (Å²) in [7, 11) is 1.54. The maximum absolute atomic E-state index is 14.2. The molecule has 0 N–H and O–H groups in total. The number of rotatable bonds is 8. The van der Waals surface area contributed by atoms with Gasteiger partial charge in [0.05, 0.1) is 19.7 Å². The highest BCUT2D eigenvalue weighted by atomic mass is 35.5. The molecular weight excluding hydrogens is 400 g/mol. The van der Waals surface area contributed by atoms with Gasteiger partial charge >= 0.3 is 0 Å². The van der Waals surface area contributed by atoms with Crippen LogP contribution in [0, 0.1) is 11.6 Å². The molecule has 8 heteroatoms. The first-order valence-corrected chi connectivity index (χ1v) is 9.34. The van der Waals surface area contributed by atoms with Crippen LogP contribution < -0.4 is 0 Å². The predicted octanol–water partition coefficient (Wildman–Crippen LogP) is 4.15. The number of carbonyl (C=O) groups is 1. The Labute approximate surface area is 172 Å². The van der Waals surface area contributed by atoms with Gasteiger partial charge < -0.3 is 14.2 Å². The Morgan fingerprint density at radius 2 is 1.97 bits per heavy atom. The molecule has 2 aromatic carbocycles. The molecule has 29 heavy (non-hydrogen) atoms. The quantitative estimate of drug-likeness (QED) is 0.551. The maximum atomic E-state index is 14.2. The van der Waals surface area contributed by atoms with Crippen LogP contribution in [0.4, 0.5) is 8.78 Å². The van der Waals surface area contributed by atoms with Crippen molar-refractivity contribution in [2.24, 2.45) is 0 Å². The van der Waals surface area contributed by atoms with Crippen LogP contribution in [0.1, 0.15) is 21.7 Å². The minimum Gasteiger partial charge on any atom is -0.383 e. The number of ether oxygens (including phenoxy) is 1. The van der Waals surface area contributed by atoms with Gasteiger partial charge in [-0.3, -0.25) is 4.79 Å². The van der Waals surface area contributed by atoms with Crippen molar-refractivity contribution in [3.8, 4) is 0 Å². The van der Waals surface area contributed by atoms with E-state index in [4.69, 9.17) is 16.3 Å². The number of carbonyl (C=O) groups excluding carboxylic acids is 1. The van der Waals surface area contributed by atoms with Crippen molar-refractivity contribution in [3.63, 3.8) is 0 Å².